The molecule has 0 aliphatic carbocycles. The maximum atomic E-state index is 15.0. The molecule has 3 N–H and O–H groups in total. The second-order valence-electron chi connectivity index (χ2n) is 15.8. The minimum Gasteiger partial charge on any atom is -0.397 e. The fourth-order valence-electron chi connectivity index (χ4n) is 8.43. The Hall–Kier alpha value is -5.99. The largest absolute Gasteiger partial charge is 0.397 e. The van der Waals surface area contributed by atoms with E-state index in [2.05, 4.69) is 26.1 Å². The Labute approximate surface area is 341 Å². The van der Waals surface area contributed by atoms with Crippen LogP contribution in [0.4, 0.5) is 10.1 Å². The van der Waals surface area contributed by atoms with Crippen molar-refractivity contribution in [2.75, 3.05) is 64.6 Å². The number of nitrogens with one attached hydrogen (secondary N) is 1. The number of amides is 3. The van der Waals surface area contributed by atoms with Crippen LogP contribution in [0.2, 0.25) is 0 Å². The molecule has 5 aromatic rings. The molecule has 8 rings (SSSR count). The second-order valence-corrected chi connectivity index (χ2v) is 15.8. The number of fused-ring (bicyclic) bond motifs is 1. The van der Waals surface area contributed by atoms with Crippen molar-refractivity contribution in [2.24, 2.45) is 0 Å². The monoisotopic (exact) mass is 800 g/mol. The summed E-state index contributed by atoms with van der Waals surface area (Å²) < 4.78 is 21.5. The number of carbonyl (C=O) groups excluding carboxylic acids is 3. The first kappa shape index (κ1) is 39.8. The Morgan fingerprint density at radius 1 is 0.780 bits per heavy atom. The molecule has 0 bridgehead atoms. The summed E-state index contributed by atoms with van der Waals surface area (Å²) in [6.07, 6.45) is 5.31. The summed E-state index contributed by atoms with van der Waals surface area (Å²) in [4.78, 5) is 64.2. The number of likely N-dealkylation sites (tertiary alicyclic amines) is 2. The number of piperidine rings is 2. The highest BCUT2D eigenvalue weighted by atomic mass is 19.1. The highest BCUT2D eigenvalue weighted by Gasteiger charge is 2.31. The number of piperazine rings is 1. The van der Waals surface area contributed by atoms with Crippen molar-refractivity contribution in [1.82, 2.24) is 34.8 Å². The van der Waals surface area contributed by atoms with Gasteiger partial charge in [-0.25, -0.2) is 14.5 Å². The van der Waals surface area contributed by atoms with Crippen molar-refractivity contribution >= 4 is 34.2 Å². The summed E-state index contributed by atoms with van der Waals surface area (Å²) in [7, 11) is 0. The number of aryl methyl sites for hydroxylation is 1. The number of carbonyl (C=O) groups is 3. The number of aromatic amines is 1. The first-order valence-electron chi connectivity index (χ1n) is 20.4. The number of rotatable bonds is 9. The van der Waals surface area contributed by atoms with Gasteiger partial charge in [0.25, 0.3) is 17.4 Å². The lowest BCUT2D eigenvalue weighted by Crippen LogP contribution is -2.53. The average Bonchev–Trinajstić information content (AvgIpc) is 3.26. The normalized spacial score (nSPS) is 17.1. The van der Waals surface area contributed by atoms with Crippen molar-refractivity contribution in [2.45, 2.75) is 51.2 Å². The number of aromatic nitrogens is 3. The summed E-state index contributed by atoms with van der Waals surface area (Å²) in [5, 5.41) is 7.96. The van der Waals surface area contributed by atoms with Gasteiger partial charge in [0.1, 0.15) is 5.82 Å². The fourth-order valence-corrected chi connectivity index (χ4v) is 8.43. The van der Waals surface area contributed by atoms with E-state index in [0.717, 1.165) is 55.5 Å². The third-order valence-corrected chi connectivity index (χ3v) is 11.8. The van der Waals surface area contributed by atoms with Gasteiger partial charge in [-0.2, -0.15) is 5.10 Å². The van der Waals surface area contributed by atoms with Crippen LogP contribution < -0.4 is 11.3 Å². The van der Waals surface area contributed by atoms with E-state index in [1.807, 2.05) is 48.2 Å². The standard InChI is InChI=1S/C45H49FN8O5/c1-29-5-4-6-31(23-29)32-26-39(47)42(48-27-32)45(58)53-17-13-34(14-18-53)59-33-11-15-51(16-12-33)28-41(55)52-19-21-54(22-20-52)44(57)37-24-30(9-10-38(37)46)25-40-35-7-2-3-8-36(35)43(56)50-49-40/h2-10,23-24,26-27,33-34H,11-22,25,28,47H2,1H3,(H,50,56). The van der Waals surface area contributed by atoms with Crippen molar-refractivity contribution < 1.29 is 23.5 Å². The highest BCUT2D eigenvalue weighted by Crippen LogP contribution is 2.27. The number of nitrogens with zero attached hydrogens (tertiary/aromatic N) is 6. The van der Waals surface area contributed by atoms with E-state index < -0.39 is 11.7 Å². The van der Waals surface area contributed by atoms with E-state index >= 15 is 4.39 Å². The lowest BCUT2D eigenvalue weighted by molar-refractivity contribution is -0.135. The SMILES string of the molecule is Cc1cccc(-c2cnc(C(=O)N3CCC(OC4CCN(CC(=O)N5CCN(C(=O)c6cc(Cc7n[nH]c(=O)c8ccccc78)ccc6F)CC5)CC4)CC3)c(N)c2)c1. The Bertz CT molecular complexity index is 2420. The van der Waals surface area contributed by atoms with E-state index in [4.69, 9.17) is 10.5 Å². The van der Waals surface area contributed by atoms with Crippen LogP contribution in [0.3, 0.4) is 0 Å². The van der Waals surface area contributed by atoms with Gasteiger partial charge in [-0.3, -0.25) is 24.1 Å². The van der Waals surface area contributed by atoms with Gasteiger partial charge in [0.05, 0.1) is 41.1 Å². The van der Waals surface area contributed by atoms with Crippen molar-refractivity contribution in [3.05, 3.63) is 123 Å². The number of benzene rings is 3. The maximum Gasteiger partial charge on any atom is 0.274 e. The molecular weight excluding hydrogens is 752 g/mol. The molecule has 2 aromatic heterocycles. The van der Waals surface area contributed by atoms with Crippen LogP contribution in [0.25, 0.3) is 21.9 Å². The minimum atomic E-state index is -0.608. The Morgan fingerprint density at radius 2 is 1.46 bits per heavy atom. The molecule has 3 fully saturated rings. The van der Waals surface area contributed by atoms with Gasteiger partial charge in [0.15, 0.2) is 5.69 Å². The molecule has 0 saturated carbocycles. The minimum absolute atomic E-state index is 0.0160. The van der Waals surface area contributed by atoms with Crippen molar-refractivity contribution in [3.63, 3.8) is 0 Å². The van der Waals surface area contributed by atoms with E-state index in [-0.39, 0.29) is 40.8 Å². The number of ether oxygens (including phenoxy) is 1. The summed E-state index contributed by atoms with van der Waals surface area (Å²) in [6, 6.07) is 21.5. The zero-order chi connectivity index (χ0) is 41.0. The molecule has 0 spiro atoms. The molecule has 3 aliphatic rings. The van der Waals surface area contributed by atoms with Gasteiger partial charge in [-0.15, -0.1) is 0 Å². The molecule has 59 heavy (non-hydrogen) atoms. The van der Waals surface area contributed by atoms with E-state index in [1.54, 1.807) is 40.3 Å². The molecule has 306 valence electrons. The first-order valence-corrected chi connectivity index (χ1v) is 20.4. The lowest BCUT2D eigenvalue weighted by Gasteiger charge is -2.38. The Kier molecular flexibility index (Phi) is 11.8. The highest BCUT2D eigenvalue weighted by molar-refractivity contribution is 5.98. The second kappa shape index (κ2) is 17.5. The van der Waals surface area contributed by atoms with Crippen LogP contribution in [-0.4, -0.2) is 124 Å². The van der Waals surface area contributed by atoms with Crippen molar-refractivity contribution in [3.8, 4) is 11.1 Å². The van der Waals surface area contributed by atoms with E-state index in [0.29, 0.717) is 80.0 Å². The van der Waals surface area contributed by atoms with Crippen LogP contribution in [0.15, 0.2) is 83.8 Å². The zero-order valence-electron chi connectivity index (χ0n) is 33.2. The number of hydrogen-bond donors (Lipinski definition) is 2. The Balaban J connectivity index is 0.759. The van der Waals surface area contributed by atoms with Crippen LogP contribution in [0, 0.1) is 12.7 Å². The molecule has 0 unspecified atom stereocenters. The number of hydrogen-bond acceptors (Lipinski definition) is 9. The van der Waals surface area contributed by atoms with Crippen molar-refractivity contribution in [1.29, 1.82) is 0 Å². The molecular formula is C45H49FN8O5. The maximum absolute atomic E-state index is 15.0. The van der Waals surface area contributed by atoms with Gasteiger partial charge in [-0.1, -0.05) is 54.1 Å². The van der Waals surface area contributed by atoms with Crippen LogP contribution in [0.1, 0.15) is 63.4 Å². The van der Waals surface area contributed by atoms with Gasteiger partial charge >= 0.3 is 0 Å². The van der Waals surface area contributed by atoms with Gasteiger partial charge in [0, 0.05) is 75.9 Å². The summed E-state index contributed by atoms with van der Waals surface area (Å²) in [5.74, 6) is -1.17. The lowest BCUT2D eigenvalue weighted by atomic mass is 10.0. The average molecular weight is 801 g/mol. The number of anilines is 1. The number of halogens is 1. The summed E-state index contributed by atoms with van der Waals surface area (Å²) >= 11 is 0. The molecule has 14 heteroatoms. The van der Waals surface area contributed by atoms with Crippen LogP contribution in [0.5, 0.6) is 0 Å². The van der Waals surface area contributed by atoms with E-state index in [1.165, 1.54) is 6.07 Å². The summed E-state index contributed by atoms with van der Waals surface area (Å²) in [6.45, 7) is 6.35. The summed E-state index contributed by atoms with van der Waals surface area (Å²) in [5.41, 5.74) is 11.0. The topological polar surface area (TPSA) is 158 Å². The molecule has 0 atom stereocenters. The number of nitrogens with two attached hydrogens (primary N) is 1. The smallest absolute Gasteiger partial charge is 0.274 e. The first-order chi connectivity index (χ1) is 28.6. The van der Waals surface area contributed by atoms with Crippen LogP contribution in [-0.2, 0) is 16.0 Å². The van der Waals surface area contributed by atoms with Crippen LogP contribution >= 0.6 is 0 Å². The molecule has 3 amide bonds. The molecule has 3 saturated heterocycles. The van der Waals surface area contributed by atoms with Gasteiger partial charge in [0.2, 0.25) is 5.91 Å². The van der Waals surface area contributed by atoms with Gasteiger partial charge < -0.3 is 25.2 Å². The quantitative estimate of drug-likeness (QED) is 0.216. The number of pyridine rings is 1. The number of H-pyrrole nitrogens is 1. The predicted molar refractivity (Wildman–Crippen MR) is 222 cm³/mol. The van der Waals surface area contributed by atoms with Gasteiger partial charge in [-0.05, 0) is 68.0 Å². The predicted octanol–water partition coefficient (Wildman–Crippen LogP) is 4.68. The third kappa shape index (κ3) is 9.03. The molecule has 3 aliphatic heterocycles. The third-order valence-electron chi connectivity index (χ3n) is 11.8. The number of nitrogen functional groups attached to an aromatic ring is 1. The zero-order valence-corrected chi connectivity index (χ0v) is 33.2. The van der Waals surface area contributed by atoms with E-state index in [9.17, 15) is 19.2 Å². The molecule has 3 aromatic carbocycles. The molecule has 0 radical (unpaired) electrons. The Morgan fingerprint density at radius 3 is 2.17 bits per heavy atom. The molecule has 13 nitrogen and oxygen atoms in total. The fraction of sp³-hybridized carbons (Fsp3) is 0.378. The molecule has 5 heterocycles.